The summed E-state index contributed by atoms with van der Waals surface area (Å²) in [4.78, 5) is 68.3. The van der Waals surface area contributed by atoms with Gasteiger partial charge in [0.1, 0.15) is 18.4 Å². The van der Waals surface area contributed by atoms with Crippen LogP contribution in [0.3, 0.4) is 0 Å². The number of amides is 4. The Morgan fingerprint density at radius 3 is 2.51 bits per heavy atom. The molecule has 0 radical (unpaired) electrons. The monoisotopic (exact) mass is 698 g/mol. The average molecular weight is 699 g/mol. The van der Waals surface area contributed by atoms with Crippen molar-refractivity contribution in [3.05, 3.63) is 78.0 Å². The van der Waals surface area contributed by atoms with Crippen LogP contribution < -0.4 is 16.0 Å². The van der Waals surface area contributed by atoms with Gasteiger partial charge >= 0.3 is 0 Å². The highest BCUT2D eigenvalue weighted by Gasteiger charge is 2.30. The number of fused-ring (bicyclic) bond motifs is 1. The third-order valence-electron chi connectivity index (χ3n) is 8.58. The highest BCUT2D eigenvalue weighted by atomic mass is 16.5. The molecule has 4 heterocycles. The third kappa shape index (κ3) is 10.8. The van der Waals surface area contributed by atoms with Crippen LogP contribution in [0, 0.1) is 12.8 Å². The molecule has 2 atom stereocenters. The van der Waals surface area contributed by atoms with Crippen molar-refractivity contribution in [3.63, 3.8) is 0 Å². The van der Waals surface area contributed by atoms with Gasteiger partial charge in [-0.2, -0.15) is 10.1 Å². The van der Waals surface area contributed by atoms with Crippen molar-refractivity contribution in [3.8, 4) is 11.4 Å². The minimum Gasteiger partial charge on any atom is -0.354 e. The number of nitrogens with one attached hydrogen (secondary N) is 3. The van der Waals surface area contributed by atoms with E-state index in [1.54, 1.807) is 36.4 Å². The second-order valence-electron chi connectivity index (χ2n) is 13.0. The molecule has 270 valence electrons. The number of aryl methyl sites for hydroxylation is 2. The Labute approximate surface area is 297 Å². The van der Waals surface area contributed by atoms with Crippen LogP contribution in [0.4, 0.5) is 0 Å². The number of rotatable bonds is 8. The Morgan fingerprint density at radius 1 is 0.980 bits per heavy atom. The number of hydrogen-bond acceptors (Lipinski definition) is 10. The molecule has 15 heteroatoms. The maximum Gasteiger partial charge on any atom is 0.243 e. The lowest BCUT2D eigenvalue weighted by Crippen LogP contribution is -2.50. The normalized spacial score (nSPS) is 18.3. The van der Waals surface area contributed by atoms with Gasteiger partial charge in [0, 0.05) is 63.3 Å². The second-order valence-corrected chi connectivity index (χ2v) is 13.0. The summed E-state index contributed by atoms with van der Waals surface area (Å²) in [6.07, 6.45) is 5.82. The smallest absolute Gasteiger partial charge is 0.243 e. The molecule has 1 aliphatic heterocycles. The summed E-state index contributed by atoms with van der Waals surface area (Å²) in [5.74, 6) is 0.769. The maximum atomic E-state index is 13.8. The molecular formula is C36H46N10O5. The van der Waals surface area contributed by atoms with E-state index < -0.39 is 12.1 Å². The zero-order valence-electron chi connectivity index (χ0n) is 29.4. The van der Waals surface area contributed by atoms with Crippen molar-refractivity contribution in [2.45, 2.75) is 84.3 Å². The minimum absolute atomic E-state index is 0.0752. The van der Waals surface area contributed by atoms with E-state index in [4.69, 9.17) is 4.52 Å². The number of pyridine rings is 1. The molecule has 4 amide bonds. The van der Waals surface area contributed by atoms with E-state index in [0.717, 1.165) is 11.1 Å². The summed E-state index contributed by atoms with van der Waals surface area (Å²) in [7, 11) is 0. The first kappa shape index (κ1) is 36.8. The Balaban J connectivity index is 1.27. The van der Waals surface area contributed by atoms with E-state index in [-0.39, 0.29) is 55.4 Å². The Morgan fingerprint density at radius 2 is 1.75 bits per heavy atom. The van der Waals surface area contributed by atoms with Crippen molar-refractivity contribution in [1.29, 1.82) is 0 Å². The fourth-order valence-electron chi connectivity index (χ4n) is 5.93. The quantitative estimate of drug-likeness (QED) is 0.247. The number of aromatic nitrogens is 6. The number of carbonyl (C=O) groups excluding carboxylic acids is 4. The molecular weight excluding hydrogens is 652 g/mol. The maximum absolute atomic E-state index is 13.8. The van der Waals surface area contributed by atoms with E-state index in [1.807, 2.05) is 44.2 Å². The van der Waals surface area contributed by atoms with Crippen LogP contribution in [0.15, 0.2) is 59.4 Å². The zero-order valence-corrected chi connectivity index (χ0v) is 29.4. The van der Waals surface area contributed by atoms with E-state index >= 15 is 0 Å². The summed E-state index contributed by atoms with van der Waals surface area (Å²) in [5, 5.41) is 17.4. The molecule has 4 aromatic rings. The van der Waals surface area contributed by atoms with E-state index in [2.05, 4.69) is 41.2 Å². The van der Waals surface area contributed by atoms with Crippen molar-refractivity contribution in [2.24, 2.45) is 5.92 Å². The molecule has 3 N–H and O–H groups in total. The standard InChI is InChI=1S/C36H46N10O5/c1-24(2)33-35-39-25(3)43-46(35)23-30(48)38-17-9-21-45(32(49)14-7-13-31-41-34(44-51-31)27-15-18-37-19-16-27)20-8-12-29(47)40-28(36(50)42-33)22-26-10-5-4-6-11-26/h4-6,10-11,15-16,18-19,24,28,33H,7-9,12-14,17,20-23H2,1-3H3,(H,38,48)(H,40,47)(H,42,50)/t28-,33+/m1/s1. The van der Waals surface area contributed by atoms with Gasteiger partial charge in [-0.3, -0.25) is 24.2 Å². The topological polar surface area (TPSA) is 190 Å². The minimum atomic E-state index is -0.859. The molecule has 0 saturated carbocycles. The van der Waals surface area contributed by atoms with Gasteiger partial charge in [0.05, 0.1) is 6.04 Å². The summed E-state index contributed by atoms with van der Waals surface area (Å²) < 4.78 is 6.90. The van der Waals surface area contributed by atoms with Crippen LogP contribution in [-0.2, 0) is 38.6 Å². The number of carbonyl (C=O) groups is 4. The molecule has 5 rings (SSSR count). The molecule has 1 aliphatic rings. The largest absolute Gasteiger partial charge is 0.354 e. The van der Waals surface area contributed by atoms with Gasteiger partial charge in [-0.25, -0.2) is 9.67 Å². The second kappa shape index (κ2) is 18.0. The lowest BCUT2D eigenvalue weighted by molar-refractivity contribution is -0.132. The molecule has 15 nitrogen and oxygen atoms in total. The molecule has 0 fully saturated rings. The Bertz CT molecular complexity index is 1760. The third-order valence-corrected chi connectivity index (χ3v) is 8.58. The van der Waals surface area contributed by atoms with E-state index in [9.17, 15) is 19.2 Å². The van der Waals surface area contributed by atoms with Crippen LogP contribution in [-0.4, -0.2) is 84.1 Å². The van der Waals surface area contributed by atoms with Crippen molar-refractivity contribution in [2.75, 3.05) is 19.6 Å². The Kier molecular flexibility index (Phi) is 13.0. The summed E-state index contributed by atoms with van der Waals surface area (Å²) >= 11 is 0. The van der Waals surface area contributed by atoms with Gasteiger partial charge < -0.3 is 25.4 Å². The van der Waals surface area contributed by atoms with Crippen molar-refractivity contribution >= 4 is 23.6 Å². The molecule has 0 aliphatic carbocycles. The number of nitrogens with zero attached hydrogens (tertiary/aromatic N) is 7. The molecule has 0 spiro atoms. The van der Waals surface area contributed by atoms with Crippen LogP contribution in [0.2, 0.25) is 0 Å². The summed E-state index contributed by atoms with van der Waals surface area (Å²) in [6, 6.07) is 11.7. The van der Waals surface area contributed by atoms with Crippen LogP contribution in [0.5, 0.6) is 0 Å². The summed E-state index contributed by atoms with van der Waals surface area (Å²) in [6.45, 7) is 6.65. The molecule has 0 bridgehead atoms. The predicted molar refractivity (Wildman–Crippen MR) is 186 cm³/mol. The first-order chi connectivity index (χ1) is 24.7. The highest BCUT2D eigenvalue weighted by Crippen LogP contribution is 2.21. The molecule has 3 aromatic heterocycles. The zero-order chi connectivity index (χ0) is 36.2. The molecule has 51 heavy (non-hydrogen) atoms. The first-order valence-electron chi connectivity index (χ1n) is 17.5. The molecule has 1 aromatic carbocycles. The molecule has 0 saturated heterocycles. The summed E-state index contributed by atoms with van der Waals surface area (Å²) in [5.41, 5.74) is 1.68. The Hall–Kier alpha value is -5.47. The number of hydrogen-bond donors (Lipinski definition) is 3. The SMILES string of the molecule is Cc1nc2n(n1)CC(=O)NCCCN(C(=O)CCCc1nc(-c3ccncc3)no1)CCCC(=O)N[C@H](Cc1ccccc1)C(=O)N[C@H]2C(C)C. The fraction of sp³-hybridized carbons (Fsp3) is 0.472. The lowest BCUT2D eigenvalue weighted by Gasteiger charge is -2.26. The van der Waals surface area contributed by atoms with Gasteiger partial charge in [0.2, 0.25) is 35.3 Å². The van der Waals surface area contributed by atoms with Gasteiger partial charge in [0.25, 0.3) is 0 Å². The van der Waals surface area contributed by atoms with Crippen molar-refractivity contribution < 1.29 is 23.7 Å². The fourth-order valence-corrected chi connectivity index (χ4v) is 5.93. The van der Waals surface area contributed by atoms with Gasteiger partial charge in [-0.15, -0.1) is 0 Å². The van der Waals surface area contributed by atoms with Gasteiger partial charge in [-0.05, 0) is 49.8 Å². The van der Waals surface area contributed by atoms with Gasteiger partial charge in [-0.1, -0.05) is 49.3 Å². The number of benzene rings is 1. The van der Waals surface area contributed by atoms with Crippen LogP contribution in [0.1, 0.15) is 75.1 Å². The lowest BCUT2D eigenvalue weighted by atomic mass is 10.0. The predicted octanol–water partition coefficient (Wildman–Crippen LogP) is 2.72. The van der Waals surface area contributed by atoms with Crippen LogP contribution in [0.25, 0.3) is 11.4 Å². The van der Waals surface area contributed by atoms with E-state index in [1.165, 1.54) is 4.68 Å². The average Bonchev–Trinajstić information content (AvgIpc) is 3.74. The van der Waals surface area contributed by atoms with Crippen molar-refractivity contribution in [1.82, 2.24) is 50.7 Å². The highest BCUT2D eigenvalue weighted by molar-refractivity contribution is 5.88. The molecule has 0 unspecified atom stereocenters. The van der Waals surface area contributed by atoms with Gasteiger partial charge in [0.15, 0.2) is 5.82 Å². The first-order valence-corrected chi connectivity index (χ1v) is 17.5. The van der Waals surface area contributed by atoms with Crippen LogP contribution >= 0.6 is 0 Å². The van der Waals surface area contributed by atoms with E-state index in [0.29, 0.717) is 68.7 Å².